The molecule has 1 N–H and O–H groups in total. The molecule has 1 saturated heterocycles. The number of amides is 2. The van der Waals surface area contributed by atoms with Crippen molar-refractivity contribution in [1.29, 1.82) is 0 Å². The van der Waals surface area contributed by atoms with Crippen molar-refractivity contribution in [3.8, 4) is 17.2 Å². The second-order valence-electron chi connectivity index (χ2n) is 6.72. The molecule has 2 aromatic rings. The highest BCUT2D eigenvalue weighted by molar-refractivity contribution is 5.97. The van der Waals surface area contributed by atoms with Crippen molar-refractivity contribution in [1.82, 2.24) is 4.90 Å². The third-order valence-corrected chi connectivity index (χ3v) is 4.85. The number of carbonyl (C=O) groups is 2. The van der Waals surface area contributed by atoms with E-state index in [9.17, 15) is 9.59 Å². The van der Waals surface area contributed by atoms with Gasteiger partial charge in [0.05, 0.1) is 7.11 Å². The first-order valence-corrected chi connectivity index (χ1v) is 9.63. The summed E-state index contributed by atoms with van der Waals surface area (Å²) in [5.41, 5.74) is 0.673. The van der Waals surface area contributed by atoms with Crippen LogP contribution in [0.3, 0.4) is 0 Å². The number of para-hydroxylation sites is 2. The summed E-state index contributed by atoms with van der Waals surface area (Å²) in [6, 6.07) is 14.2. The molecule has 148 valence electrons. The Balaban J connectivity index is 1.65. The SMILES string of the molecule is CCC(=O)N1CCCC[C@H]1C(=O)Nc1ccc(Oc2ccccc2OC)cc1. The van der Waals surface area contributed by atoms with Crippen LogP contribution in [-0.4, -0.2) is 36.4 Å². The fourth-order valence-corrected chi connectivity index (χ4v) is 3.37. The Morgan fingerprint density at radius 3 is 2.46 bits per heavy atom. The predicted molar refractivity (Wildman–Crippen MR) is 108 cm³/mol. The van der Waals surface area contributed by atoms with Crippen molar-refractivity contribution in [2.45, 2.75) is 38.6 Å². The van der Waals surface area contributed by atoms with Crippen molar-refractivity contribution < 1.29 is 19.1 Å². The van der Waals surface area contributed by atoms with Gasteiger partial charge in [0, 0.05) is 18.7 Å². The Kier molecular flexibility index (Phi) is 6.53. The van der Waals surface area contributed by atoms with Gasteiger partial charge >= 0.3 is 0 Å². The fourth-order valence-electron chi connectivity index (χ4n) is 3.37. The molecule has 1 aliphatic heterocycles. The first-order valence-electron chi connectivity index (χ1n) is 9.63. The summed E-state index contributed by atoms with van der Waals surface area (Å²) >= 11 is 0. The number of carbonyl (C=O) groups excluding carboxylic acids is 2. The fraction of sp³-hybridized carbons (Fsp3) is 0.364. The molecule has 1 atom stereocenters. The van der Waals surface area contributed by atoms with Gasteiger partial charge < -0.3 is 19.7 Å². The normalized spacial score (nSPS) is 16.4. The highest BCUT2D eigenvalue weighted by Crippen LogP contribution is 2.31. The molecule has 0 aliphatic carbocycles. The zero-order chi connectivity index (χ0) is 19.9. The molecule has 1 fully saturated rings. The molecule has 28 heavy (non-hydrogen) atoms. The van der Waals surface area contributed by atoms with Gasteiger partial charge in [-0.1, -0.05) is 19.1 Å². The molecule has 0 bridgehead atoms. The number of piperidine rings is 1. The van der Waals surface area contributed by atoms with Gasteiger partial charge in [-0.25, -0.2) is 0 Å². The Labute approximate surface area is 165 Å². The van der Waals surface area contributed by atoms with Crippen molar-refractivity contribution >= 4 is 17.5 Å². The van der Waals surface area contributed by atoms with E-state index in [4.69, 9.17) is 9.47 Å². The molecule has 0 saturated carbocycles. The molecule has 1 heterocycles. The van der Waals surface area contributed by atoms with Gasteiger partial charge in [0.1, 0.15) is 11.8 Å². The topological polar surface area (TPSA) is 67.9 Å². The Hall–Kier alpha value is -3.02. The third-order valence-electron chi connectivity index (χ3n) is 4.85. The van der Waals surface area contributed by atoms with Crippen LogP contribution in [0.5, 0.6) is 17.2 Å². The summed E-state index contributed by atoms with van der Waals surface area (Å²) in [6.45, 7) is 2.48. The van der Waals surface area contributed by atoms with Gasteiger partial charge in [0.15, 0.2) is 11.5 Å². The van der Waals surface area contributed by atoms with Crippen LogP contribution in [0, 0.1) is 0 Å². The summed E-state index contributed by atoms with van der Waals surface area (Å²) in [5.74, 6) is 1.80. The summed E-state index contributed by atoms with van der Waals surface area (Å²) in [6.07, 6.45) is 3.02. The van der Waals surface area contributed by atoms with Crippen molar-refractivity contribution in [3.63, 3.8) is 0 Å². The maximum absolute atomic E-state index is 12.7. The van der Waals surface area contributed by atoms with E-state index < -0.39 is 6.04 Å². The van der Waals surface area contributed by atoms with Crippen LogP contribution >= 0.6 is 0 Å². The van der Waals surface area contributed by atoms with E-state index in [2.05, 4.69) is 5.32 Å². The average Bonchev–Trinajstić information content (AvgIpc) is 2.75. The first-order chi connectivity index (χ1) is 13.6. The minimum atomic E-state index is -0.397. The van der Waals surface area contributed by atoms with E-state index in [0.29, 0.717) is 42.3 Å². The Morgan fingerprint density at radius 1 is 1.07 bits per heavy atom. The van der Waals surface area contributed by atoms with Crippen molar-refractivity contribution in [3.05, 3.63) is 48.5 Å². The maximum atomic E-state index is 12.7. The van der Waals surface area contributed by atoms with Gasteiger partial charge in [-0.2, -0.15) is 0 Å². The molecule has 3 rings (SSSR count). The summed E-state index contributed by atoms with van der Waals surface area (Å²) in [5, 5.41) is 2.92. The smallest absolute Gasteiger partial charge is 0.247 e. The lowest BCUT2D eigenvalue weighted by atomic mass is 10.0. The van der Waals surface area contributed by atoms with Crippen molar-refractivity contribution in [2.75, 3.05) is 19.0 Å². The van der Waals surface area contributed by atoms with Crippen molar-refractivity contribution in [2.24, 2.45) is 0 Å². The number of hydrogen-bond donors (Lipinski definition) is 1. The third kappa shape index (κ3) is 4.63. The number of anilines is 1. The summed E-state index contributed by atoms with van der Waals surface area (Å²) < 4.78 is 11.1. The predicted octanol–water partition coefficient (Wildman–Crippen LogP) is 4.22. The lowest BCUT2D eigenvalue weighted by molar-refractivity contribution is -0.140. The number of ether oxygens (including phenoxy) is 2. The molecule has 2 aromatic carbocycles. The molecule has 0 aromatic heterocycles. The largest absolute Gasteiger partial charge is 0.493 e. The van der Waals surface area contributed by atoms with E-state index in [1.165, 1.54) is 0 Å². The van der Waals surface area contributed by atoms with Crippen LogP contribution in [0.4, 0.5) is 5.69 Å². The first kappa shape index (κ1) is 19.7. The minimum absolute atomic E-state index is 0.0282. The lowest BCUT2D eigenvalue weighted by Gasteiger charge is -2.34. The van der Waals surface area contributed by atoms with Crippen LogP contribution in [0.2, 0.25) is 0 Å². The molecule has 6 nitrogen and oxygen atoms in total. The molecule has 6 heteroatoms. The molecule has 0 radical (unpaired) electrons. The van der Waals surface area contributed by atoms with Crippen LogP contribution in [0.25, 0.3) is 0 Å². The molecule has 0 unspecified atom stereocenters. The number of benzene rings is 2. The van der Waals surface area contributed by atoms with Gasteiger partial charge in [0.25, 0.3) is 0 Å². The molecule has 2 amide bonds. The quantitative estimate of drug-likeness (QED) is 0.812. The van der Waals surface area contributed by atoms with Gasteiger partial charge in [0.2, 0.25) is 11.8 Å². The number of hydrogen-bond acceptors (Lipinski definition) is 4. The van der Waals surface area contributed by atoms with Gasteiger partial charge in [-0.15, -0.1) is 0 Å². The zero-order valence-corrected chi connectivity index (χ0v) is 16.3. The highest BCUT2D eigenvalue weighted by Gasteiger charge is 2.31. The van der Waals surface area contributed by atoms with E-state index in [1.807, 2.05) is 31.2 Å². The number of nitrogens with one attached hydrogen (secondary N) is 1. The Bertz CT molecular complexity index is 820. The van der Waals surface area contributed by atoms with E-state index >= 15 is 0 Å². The van der Waals surface area contributed by atoms with E-state index in [-0.39, 0.29) is 11.8 Å². The van der Waals surface area contributed by atoms with Crippen LogP contribution in [0.1, 0.15) is 32.6 Å². The van der Waals surface area contributed by atoms with Crippen LogP contribution < -0.4 is 14.8 Å². The maximum Gasteiger partial charge on any atom is 0.247 e. The number of methoxy groups -OCH3 is 1. The molecular weight excluding hydrogens is 356 g/mol. The van der Waals surface area contributed by atoms with Crippen LogP contribution in [0.15, 0.2) is 48.5 Å². The monoisotopic (exact) mass is 382 g/mol. The highest BCUT2D eigenvalue weighted by atomic mass is 16.5. The molecular formula is C22H26N2O4. The number of nitrogens with zero attached hydrogens (tertiary/aromatic N) is 1. The summed E-state index contributed by atoms with van der Waals surface area (Å²) in [4.78, 5) is 26.5. The minimum Gasteiger partial charge on any atom is -0.493 e. The molecule has 0 spiro atoms. The summed E-state index contributed by atoms with van der Waals surface area (Å²) in [7, 11) is 1.60. The number of likely N-dealkylation sites (tertiary alicyclic amines) is 1. The zero-order valence-electron chi connectivity index (χ0n) is 16.3. The van der Waals surface area contributed by atoms with E-state index in [0.717, 1.165) is 12.8 Å². The van der Waals surface area contributed by atoms with Gasteiger partial charge in [-0.3, -0.25) is 9.59 Å². The lowest BCUT2D eigenvalue weighted by Crippen LogP contribution is -2.49. The van der Waals surface area contributed by atoms with Crippen LogP contribution in [-0.2, 0) is 9.59 Å². The van der Waals surface area contributed by atoms with Gasteiger partial charge in [-0.05, 0) is 55.7 Å². The second kappa shape index (κ2) is 9.26. The molecule has 1 aliphatic rings. The Morgan fingerprint density at radius 2 is 1.79 bits per heavy atom. The number of rotatable bonds is 6. The average molecular weight is 382 g/mol. The van der Waals surface area contributed by atoms with E-state index in [1.54, 1.807) is 36.3 Å². The standard InChI is InChI=1S/C22H26N2O4/c1-3-21(25)24-15-7-6-8-18(24)22(26)23-16-11-13-17(14-12-16)28-20-10-5-4-9-19(20)27-2/h4-5,9-14,18H,3,6-8,15H2,1-2H3,(H,23,26)/t18-/m0/s1. The second-order valence-corrected chi connectivity index (χ2v) is 6.72.